The van der Waals surface area contributed by atoms with E-state index in [2.05, 4.69) is 5.32 Å². The van der Waals surface area contributed by atoms with E-state index in [1.807, 2.05) is 58.0 Å². The normalized spacial score (nSPS) is 11.9. The summed E-state index contributed by atoms with van der Waals surface area (Å²) in [6.45, 7) is 7.85. The van der Waals surface area contributed by atoms with Gasteiger partial charge in [-0.05, 0) is 63.4 Å². The van der Waals surface area contributed by atoms with E-state index in [1.54, 1.807) is 36.4 Å². The van der Waals surface area contributed by atoms with Crippen molar-refractivity contribution in [2.45, 2.75) is 51.5 Å². The van der Waals surface area contributed by atoms with Crippen LogP contribution in [0.25, 0.3) is 0 Å². The van der Waals surface area contributed by atoms with Crippen molar-refractivity contribution in [1.29, 1.82) is 0 Å². The summed E-state index contributed by atoms with van der Waals surface area (Å²) in [6.07, 6.45) is 0.898. The number of hydrogen-bond donors (Lipinski definition) is 1. The van der Waals surface area contributed by atoms with E-state index in [9.17, 15) is 18.0 Å². The SMILES string of the molecule is CCNC(=O)[C@H](CC)N(CCc1ccccc1)C(=O)CN(c1ccccc1OCC)S(=O)(=O)c1ccc(C)cc1. The lowest BCUT2D eigenvalue weighted by molar-refractivity contribution is -0.139. The zero-order valence-corrected chi connectivity index (χ0v) is 24.5. The molecule has 3 rings (SSSR count). The van der Waals surface area contributed by atoms with Crippen LogP contribution in [-0.2, 0) is 26.0 Å². The summed E-state index contributed by atoms with van der Waals surface area (Å²) in [6, 6.07) is 22.2. The third-order valence-corrected chi connectivity index (χ3v) is 8.32. The minimum absolute atomic E-state index is 0.0591. The Morgan fingerprint density at radius 1 is 0.900 bits per heavy atom. The number of ether oxygens (including phenoxy) is 1. The van der Waals surface area contributed by atoms with E-state index in [1.165, 1.54) is 17.0 Å². The molecule has 0 aliphatic heterocycles. The lowest BCUT2D eigenvalue weighted by Gasteiger charge is -2.33. The first-order valence-corrected chi connectivity index (χ1v) is 15.1. The van der Waals surface area contributed by atoms with Crippen molar-refractivity contribution in [1.82, 2.24) is 10.2 Å². The van der Waals surface area contributed by atoms with Crippen molar-refractivity contribution < 1.29 is 22.7 Å². The molecular formula is C31H39N3O5S. The first-order valence-electron chi connectivity index (χ1n) is 13.6. The molecule has 214 valence electrons. The van der Waals surface area contributed by atoms with Gasteiger partial charge >= 0.3 is 0 Å². The van der Waals surface area contributed by atoms with Crippen molar-refractivity contribution in [3.05, 3.63) is 90.0 Å². The van der Waals surface area contributed by atoms with Gasteiger partial charge in [0, 0.05) is 13.1 Å². The fraction of sp³-hybridized carbons (Fsp3) is 0.355. The Hall–Kier alpha value is -3.85. The molecule has 0 saturated heterocycles. The number of para-hydroxylation sites is 2. The predicted molar refractivity (Wildman–Crippen MR) is 158 cm³/mol. The van der Waals surface area contributed by atoms with Gasteiger partial charge in [0.05, 0.1) is 17.2 Å². The average molecular weight is 566 g/mol. The molecule has 0 aromatic heterocycles. The van der Waals surface area contributed by atoms with Crippen LogP contribution in [0.4, 0.5) is 5.69 Å². The van der Waals surface area contributed by atoms with E-state index in [0.29, 0.717) is 31.7 Å². The number of rotatable bonds is 14. The topological polar surface area (TPSA) is 96.0 Å². The molecule has 0 fully saturated rings. The largest absolute Gasteiger partial charge is 0.492 e. The molecule has 9 heteroatoms. The fourth-order valence-electron chi connectivity index (χ4n) is 4.48. The van der Waals surface area contributed by atoms with Gasteiger partial charge in [-0.1, -0.05) is 67.1 Å². The van der Waals surface area contributed by atoms with Crippen LogP contribution in [0.15, 0.2) is 83.8 Å². The molecule has 0 unspecified atom stereocenters. The first kappa shape index (κ1) is 30.7. The lowest BCUT2D eigenvalue weighted by Crippen LogP contribution is -2.53. The average Bonchev–Trinajstić information content (AvgIpc) is 2.95. The zero-order chi connectivity index (χ0) is 29.1. The van der Waals surface area contributed by atoms with E-state index in [-0.39, 0.29) is 23.0 Å². The predicted octanol–water partition coefficient (Wildman–Crippen LogP) is 4.58. The summed E-state index contributed by atoms with van der Waals surface area (Å²) in [4.78, 5) is 28.6. The van der Waals surface area contributed by atoms with Gasteiger partial charge in [0.15, 0.2) is 0 Å². The second-order valence-corrected chi connectivity index (χ2v) is 11.2. The minimum atomic E-state index is -4.16. The second-order valence-electron chi connectivity index (χ2n) is 9.37. The van der Waals surface area contributed by atoms with Crippen molar-refractivity contribution in [2.75, 3.05) is 30.5 Å². The molecule has 0 aliphatic rings. The first-order chi connectivity index (χ1) is 19.2. The highest BCUT2D eigenvalue weighted by Crippen LogP contribution is 2.33. The molecule has 0 saturated carbocycles. The summed E-state index contributed by atoms with van der Waals surface area (Å²) in [7, 11) is -4.16. The molecule has 1 atom stereocenters. The van der Waals surface area contributed by atoms with Crippen molar-refractivity contribution in [3.8, 4) is 5.75 Å². The van der Waals surface area contributed by atoms with E-state index in [0.717, 1.165) is 15.4 Å². The van der Waals surface area contributed by atoms with Crippen LogP contribution in [0.3, 0.4) is 0 Å². The third-order valence-electron chi connectivity index (χ3n) is 6.54. The van der Waals surface area contributed by atoms with Gasteiger partial charge < -0.3 is 15.0 Å². The molecule has 0 spiro atoms. The molecule has 3 aromatic carbocycles. The zero-order valence-electron chi connectivity index (χ0n) is 23.7. The van der Waals surface area contributed by atoms with Crippen molar-refractivity contribution >= 4 is 27.5 Å². The van der Waals surface area contributed by atoms with Crippen LogP contribution >= 0.6 is 0 Å². The maximum absolute atomic E-state index is 14.1. The minimum Gasteiger partial charge on any atom is -0.492 e. The number of aryl methyl sites for hydroxylation is 1. The molecule has 0 radical (unpaired) electrons. The summed E-state index contributed by atoms with van der Waals surface area (Å²) in [5.74, 6) is -0.398. The number of nitrogens with zero attached hydrogens (tertiary/aromatic N) is 2. The Balaban J connectivity index is 2.05. The van der Waals surface area contributed by atoms with Crippen molar-refractivity contribution in [3.63, 3.8) is 0 Å². The van der Waals surface area contributed by atoms with Gasteiger partial charge in [0.2, 0.25) is 11.8 Å². The summed E-state index contributed by atoms with van der Waals surface area (Å²) >= 11 is 0. The highest BCUT2D eigenvalue weighted by molar-refractivity contribution is 7.92. The second kappa shape index (κ2) is 14.5. The van der Waals surface area contributed by atoms with Gasteiger partial charge in [-0.15, -0.1) is 0 Å². The third kappa shape index (κ3) is 7.63. The molecular weight excluding hydrogens is 526 g/mol. The summed E-state index contributed by atoms with van der Waals surface area (Å²) < 4.78 is 34.9. The number of nitrogens with one attached hydrogen (secondary N) is 1. The quantitative estimate of drug-likeness (QED) is 0.309. The van der Waals surface area contributed by atoms with Crippen LogP contribution in [0.1, 0.15) is 38.3 Å². The van der Waals surface area contributed by atoms with Gasteiger partial charge in [-0.2, -0.15) is 0 Å². The van der Waals surface area contributed by atoms with E-state index < -0.39 is 28.5 Å². The smallest absolute Gasteiger partial charge is 0.264 e. The van der Waals surface area contributed by atoms with Crippen LogP contribution in [0.2, 0.25) is 0 Å². The number of carbonyl (C=O) groups excluding carboxylic acids is 2. The highest BCUT2D eigenvalue weighted by atomic mass is 32.2. The molecule has 0 aliphatic carbocycles. The Morgan fingerprint density at radius 2 is 1.55 bits per heavy atom. The van der Waals surface area contributed by atoms with E-state index in [4.69, 9.17) is 4.74 Å². The maximum Gasteiger partial charge on any atom is 0.264 e. The van der Waals surface area contributed by atoms with Gasteiger partial charge in [0.25, 0.3) is 10.0 Å². The molecule has 2 amide bonds. The summed E-state index contributed by atoms with van der Waals surface area (Å²) in [5.41, 5.74) is 2.18. The van der Waals surface area contributed by atoms with Crippen LogP contribution in [-0.4, -0.2) is 57.4 Å². The molecule has 0 heterocycles. The van der Waals surface area contributed by atoms with Crippen LogP contribution in [0.5, 0.6) is 5.75 Å². The fourth-order valence-corrected chi connectivity index (χ4v) is 5.90. The Labute approximate surface area is 238 Å². The van der Waals surface area contributed by atoms with Gasteiger partial charge in [0.1, 0.15) is 18.3 Å². The number of benzene rings is 3. The van der Waals surface area contributed by atoms with E-state index >= 15 is 0 Å². The Bertz CT molecular complexity index is 1360. The molecule has 0 bridgehead atoms. The molecule has 1 N–H and O–H groups in total. The number of hydrogen-bond acceptors (Lipinski definition) is 5. The number of anilines is 1. The Kier molecular flexibility index (Phi) is 11.1. The highest BCUT2D eigenvalue weighted by Gasteiger charge is 2.34. The number of likely N-dealkylation sites (N-methyl/N-ethyl adjacent to an activating group) is 1. The maximum atomic E-state index is 14.1. The summed E-state index contributed by atoms with van der Waals surface area (Å²) in [5, 5.41) is 2.82. The van der Waals surface area contributed by atoms with Crippen molar-refractivity contribution in [2.24, 2.45) is 0 Å². The van der Waals surface area contributed by atoms with Gasteiger partial charge in [-0.3, -0.25) is 13.9 Å². The monoisotopic (exact) mass is 565 g/mol. The van der Waals surface area contributed by atoms with Crippen LogP contribution < -0.4 is 14.4 Å². The molecule has 8 nitrogen and oxygen atoms in total. The number of sulfonamides is 1. The number of amides is 2. The molecule has 40 heavy (non-hydrogen) atoms. The Morgan fingerprint density at radius 3 is 2.17 bits per heavy atom. The number of carbonyl (C=O) groups is 2. The van der Waals surface area contributed by atoms with Gasteiger partial charge in [-0.25, -0.2) is 8.42 Å². The lowest BCUT2D eigenvalue weighted by atomic mass is 10.1. The van der Waals surface area contributed by atoms with Crippen LogP contribution in [0, 0.1) is 6.92 Å². The standard InChI is InChI=1S/C31H39N3O5S/c1-5-27(31(36)32-6-2)33(22-21-25-13-9-8-10-14-25)30(35)23-34(28-15-11-12-16-29(28)39-7-3)40(37,38)26-19-17-24(4)18-20-26/h8-20,27H,5-7,21-23H2,1-4H3,(H,32,36)/t27-/m0/s1. The molecule has 3 aromatic rings.